The molecule has 0 unspecified atom stereocenters. The number of alkyl halides is 2. The second-order valence-corrected chi connectivity index (χ2v) is 4.00. The molecule has 0 heterocycles. The van der Waals surface area contributed by atoms with Gasteiger partial charge in [-0.05, 0) is 23.8 Å². The standard InChI is InChI=1S/C13H14F2N2O3/c1-17(8-11(14)15)13(20)16-10-5-2-9(3-6-10)4-7-12(18)19/h2-7,11H,8H2,1H3,(H,16,20)(H,18,19)/b7-4+. The van der Waals surface area contributed by atoms with Crippen LogP contribution >= 0.6 is 0 Å². The zero-order chi connectivity index (χ0) is 15.1. The lowest BCUT2D eigenvalue weighted by molar-refractivity contribution is -0.131. The van der Waals surface area contributed by atoms with Crippen LogP contribution < -0.4 is 5.32 Å². The summed E-state index contributed by atoms with van der Waals surface area (Å²) < 4.78 is 24.2. The molecule has 0 bridgehead atoms. The van der Waals surface area contributed by atoms with Gasteiger partial charge in [-0.3, -0.25) is 0 Å². The van der Waals surface area contributed by atoms with Gasteiger partial charge in [-0.15, -0.1) is 0 Å². The van der Waals surface area contributed by atoms with Crippen molar-refractivity contribution < 1.29 is 23.5 Å². The van der Waals surface area contributed by atoms with E-state index in [0.717, 1.165) is 11.0 Å². The fraction of sp³-hybridized carbons (Fsp3) is 0.231. The predicted octanol–water partition coefficient (Wildman–Crippen LogP) is 2.51. The minimum atomic E-state index is -2.59. The molecule has 0 fully saturated rings. The molecule has 0 aromatic heterocycles. The highest BCUT2D eigenvalue weighted by Crippen LogP contribution is 2.11. The summed E-state index contributed by atoms with van der Waals surface area (Å²) in [7, 11) is 1.27. The smallest absolute Gasteiger partial charge is 0.328 e. The van der Waals surface area contributed by atoms with E-state index in [2.05, 4.69) is 5.32 Å². The van der Waals surface area contributed by atoms with Crippen molar-refractivity contribution in [1.82, 2.24) is 4.90 Å². The van der Waals surface area contributed by atoms with E-state index in [1.54, 1.807) is 24.3 Å². The summed E-state index contributed by atoms with van der Waals surface area (Å²) >= 11 is 0. The van der Waals surface area contributed by atoms with Gasteiger partial charge in [-0.1, -0.05) is 12.1 Å². The maximum absolute atomic E-state index is 12.1. The van der Waals surface area contributed by atoms with Crippen molar-refractivity contribution in [2.75, 3.05) is 18.9 Å². The number of nitrogens with zero attached hydrogens (tertiary/aromatic N) is 1. The van der Waals surface area contributed by atoms with Crippen LogP contribution in [0.1, 0.15) is 5.56 Å². The number of nitrogens with one attached hydrogen (secondary N) is 1. The number of anilines is 1. The van der Waals surface area contributed by atoms with E-state index in [0.29, 0.717) is 11.3 Å². The van der Waals surface area contributed by atoms with Gasteiger partial charge in [0.1, 0.15) is 0 Å². The van der Waals surface area contributed by atoms with Gasteiger partial charge in [0.25, 0.3) is 6.43 Å². The molecule has 7 heteroatoms. The van der Waals surface area contributed by atoms with Gasteiger partial charge in [0.05, 0.1) is 6.54 Å². The number of amides is 2. The summed E-state index contributed by atoms with van der Waals surface area (Å²) in [4.78, 5) is 22.8. The van der Waals surface area contributed by atoms with E-state index in [1.165, 1.54) is 13.1 Å². The average molecular weight is 284 g/mol. The number of benzene rings is 1. The summed E-state index contributed by atoms with van der Waals surface area (Å²) in [5, 5.41) is 10.9. The zero-order valence-electron chi connectivity index (χ0n) is 10.7. The molecule has 1 rings (SSSR count). The van der Waals surface area contributed by atoms with Crippen LogP contribution in [0.15, 0.2) is 30.3 Å². The third-order valence-electron chi connectivity index (χ3n) is 2.34. The molecule has 1 aromatic carbocycles. The molecule has 0 radical (unpaired) electrons. The van der Waals surface area contributed by atoms with Crippen molar-refractivity contribution in [3.05, 3.63) is 35.9 Å². The number of halogens is 2. The number of carboxylic acids is 1. The first-order valence-corrected chi connectivity index (χ1v) is 5.70. The minimum absolute atomic E-state index is 0.434. The molecule has 0 saturated carbocycles. The van der Waals surface area contributed by atoms with Gasteiger partial charge in [-0.2, -0.15) is 0 Å². The summed E-state index contributed by atoms with van der Waals surface area (Å²) in [5.41, 5.74) is 1.08. The molecule has 0 aliphatic heterocycles. The van der Waals surface area contributed by atoms with Crippen molar-refractivity contribution in [3.8, 4) is 0 Å². The number of carboxylic acid groups (broad SMARTS) is 1. The fourth-order valence-corrected chi connectivity index (χ4v) is 1.35. The van der Waals surface area contributed by atoms with E-state index in [9.17, 15) is 18.4 Å². The predicted molar refractivity (Wildman–Crippen MR) is 70.8 cm³/mol. The van der Waals surface area contributed by atoms with Gasteiger partial charge in [-0.25, -0.2) is 18.4 Å². The SMILES string of the molecule is CN(CC(F)F)C(=O)Nc1ccc(/C=C/C(=O)O)cc1. The largest absolute Gasteiger partial charge is 0.478 e. The lowest BCUT2D eigenvalue weighted by atomic mass is 10.2. The molecule has 2 N–H and O–H groups in total. The van der Waals surface area contributed by atoms with Crippen LogP contribution in [0.3, 0.4) is 0 Å². The summed E-state index contributed by atoms with van der Waals surface area (Å²) in [5.74, 6) is -1.06. The molecule has 108 valence electrons. The van der Waals surface area contributed by atoms with Gasteiger partial charge in [0.15, 0.2) is 0 Å². The van der Waals surface area contributed by atoms with Gasteiger partial charge in [0.2, 0.25) is 0 Å². The van der Waals surface area contributed by atoms with E-state index in [4.69, 9.17) is 5.11 Å². The highest BCUT2D eigenvalue weighted by molar-refractivity contribution is 5.89. The number of hydrogen-bond donors (Lipinski definition) is 2. The summed E-state index contributed by atoms with van der Waals surface area (Å²) in [6.45, 7) is -0.648. The number of aliphatic carboxylic acids is 1. The number of hydrogen-bond acceptors (Lipinski definition) is 2. The molecule has 0 aliphatic carbocycles. The Kier molecular flexibility index (Phi) is 5.64. The molecular formula is C13H14F2N2O3. The van der Waals surface area contributed by atoms with Crippen LogP contribution in [-0.4, -0.2) is 42.0 Å². The Balaban J connectivity index is 2.61. The van der Waals surface area contributed by atoms with E-state index in [-0.39, 0.29) is 0 Å². The highest BCUT2D eigenvalue weighted by Gasteiger charge is 2.13. The Morgan fingerprint density at radius 1 is 1.35 bits per heavy atom. The average Bonchev–Trinajstić information content (AvgIpc) is 2.37. The van der Waals surface area contributed by atoms with Crippen molar-refractivity contribution in [2.24, 2.45) is 0 Å². The molecule has 0 atom stereocenters. The molecule has 0 aliphatic rings. The molecular weight excluding hydrogens is 270 g/mol. The molecule has 2 amide bonds. The van der Waals surface area contributed by atoms with Gasteiger partial charge < -0.3 is 15.3 Å². The first-order valence-electron chi connectivity index (χ1n) is 5.70. The Hall–Kier alpha value is -2.44. The molecule has 0 spiro atoms. The second-order valence-electron chi connectivity index (χ2n) is 4.00. The summed E-state index contributed by atoms with van der Waals surface area (Å²) in [6.07, 6.45) is -0.199. The van der Waals surface area contributed by atoms with Crippen molar-refractivity contribution in [2.45, 2.75) is 6.43 Å². The molecule has 20 heavy (non-hydrogen) atoms. The fourth-order valence-electron chi connectivity index (χ4n) is 1.35. The monoisotopic (exact) mass is 284 g/mol. The normalized spacial score (nSPS) is 10.8. The van der Waals surface area contributed by atoms with Crippen molar-refractivity contribution in [3.63, 3.8) is 0 Å². The Morgan fingerprint density at radius 2 is 1.95 bits per heavy atom. The molecule has 0 saturated heterocycles. The Bertz CT molecular complexity index is 501. The molecule has 5 nitrogen and oxygen atoms in total. The van der Waals surface area contributed by atoms with Crippen LogP contribution in [0.5, 0.6) is 0 Å². The quantitative estimate of drug-likeness (QED) is 0.816. The Labute approximate surface area is 114 Å². The lowest BCUT2D eigenvalue weighted by Gasteiger charge is -2.17. The third-order valence-corrected chi connectivity index (χ3v) is 2.34. The molecule has 1 aromatic rings. The Morgan fingerprint density at radius 3 is 2.45 bits per heavy atom. The lowest BCUT2D eigenvalue weighted by Crippen LogP contribution is -2.34. The van der Waals surface area contributed by atoms with E-state index < -0.39 is 25.0 Å². The number of rotatable bonds is 5. The number of urea groups is 1. The van der Waals surface area contributed by atoms with E-state index in [1.807, 2.05) is 0 Å². The van der Waals surface area contributed by atoms with Gasteiger partial charge >= 0.3 is 12.0 Å². The van der Waals surface area contributed by atoms with Crippen LogP contribution in [0.4, 0.5) is 19.3 Å². The van der Waals surface area contributed by atoms with E-state index >= 15 is 0 Å². The van der Waals surface area contributed by atoms with Crippen molar-refractivity contribution >= 4 is 23.8 Å². The maximum atomic E-state index is 12.1. The third kappa shape index (κ3) is 5.47. The first kappa shape index (κ1) is 15.6. The maximum Gasteiger partial charge on any atom is 0.328 e. The van der Waals surface area contributed by atoms with Gasteiger partial charge in [0, 0.05) is 18.8 Å². The van der Waals surface area contributed by atoms with Crippen molar-refractivity contribution in [1.29, 1.82) is 0 Å². The van der Waals surface area contributed by atoms with Crippen LogP contribution in [0.2, 0.25) is 0 Å². The minimum Gasteiger partial charge on any atom is -0.478 e. The van der Waals surface area contributed by atoms with Crippen LogP contribution in [-0.2, 0) is 4.79 Å². The second kappa shape index (κ2) is 7.22. The zero-order valence-corrected chi connectivity index (χ0v) is 10.7. The first-order chi connectivity index (χ1) is 9.38. The van der Waals surface area contributed by atoms with Crippen LogP contribution in [0.25, 0.3) is 6.08 Å². The van der Waals surface area contributed by atoms with Crippen LogP contribution in [0, 0.1) is 0 Å². The number of carbonyl (C=O) groups is 2. The topological polar surface area (TPSA) is 69.6 Å². The number of carbonyl (C=O) groups excluding carboxylic acids is 1. The highest BCUT2D eigenvalue weighted by atomic mass is 19.3. The summed E-state index contributed by atoms with van der Waals surface area (Å²) in [6, 6.07) is 5.66.